The second-order valence-corrected chi connectivity index (χ2v) is 7.96. The van der Waals surface area contributed by atoms with Gasteiger partial charge in [-0.3, -0.25) is 0 Å². The summed E-state index contributed by atoms with van der Waals surface area (Å²) in [7, 11) is 0. The van der Waals surface area contributed by atoms with Gasteiger partial charge in [-0.25, -0.2) is 0 Å². The Morgan fingerprint density at radius 1 is 0.789 bits per heavy atom. The van der Waals surface area contributed by atoms with Crippen LogP contribution in [0.5, 0.6) is 0 Å². The molecule has 2 unspecified atom stereocenters. The number of rotatable bonds is 11. The highest BCUT2D eigenvalue weighted by molar-refractivity contribution is 6.20. The van der Waals surface area contributed by atoms with Crippen LogP contribution in [-0.2, 0) is 0 Å². The van der Waals surface area contributed by atoms with Crippen LogP contribution in [0.4, 0.5) is 0 Å². The molecule has 0 saturated carbocycles. The molecule has 0 N–H and O–H groups in total. The third-order valence-corrected chi connectivity index (χ3v) is 4.59. The van der Waals surface area contributed by atoms with Gasteiger partial charge in [-0.05, 0) is 24.7 Å². The monoisotopic (exact) mass is 288 g/mol. The van der Waals surface area contributed by atoms with E-state index < -0.39 is 0 Å². The lowest BCUT2D eigenvalue weighted by molar-refractivity contribution is 0.217. The lowest BCUT2D eigenvalue weighted by Crippen LogP contribution is -2.27. The summed E-state index contributed by atoms with van der Waals surface area (Å²) in [6.45, 7) is 11.4. The minimum atomic E-state index is 0.300. The maximum Gasteiger partial charge on any atom is 0.0341 e. The van der Waals surface area contributed by atoms with Gasteiger partial charge < -0.3 is 0 Å². The first-order valence-corrected chi connectivity index (χ1v) is 8.97. The van der Waals surface area contributed by atoms with Crippen molar-refractivity contribution in [2.45, 2.75) is 104 Å². The van der Waals surface area contributed by atoms with Crippen molar-refractivity contribution in [1.82, 2.24) is 0 Å². The maximum atomic E-state index is 6.34. The van der Waals surface area contributed by atoms with Crippen molar-refractivity contribution < 1.29 is 0 Å². The van der Waals surface area contributed by atoms with Crippen molar-refractivity contribution in [3.63, 3.8) is 0 Å². The summed E-state index contributed by atoms with van der Waals surface area (Å²) in [5, 5.41) is 0.300. The Labute approximate surface area is 127 Å². The Morgan fingerprint density at radius 3 is 1.58 bits per heavy atom. The smallest absolute Gasteiger partial charge is 0.0341 e. The van der Waals surface area contributed by atoms with Gasteiger partial charge in [0.1, 0.15) is 0 Å². The molecule has 0 nitrogen and oxygen atoms in total. The van der Waals surface area contributed by atoms with Crippen LogP contribution in [0, 0.1) is 11.3 Å². The predicted octanol–water partition coefficient (Wildman–Crippen LogP) is 7.20. The number of hydrogen-bond donors (Lipinski definition) is 0. The molecule has 0 heterocycles. The molecular weight excluding hydrogens is 252 g/mol. The van der Waals surface area contributed by atoms with Gasteiger partial charge in [-0.1, -0.05) is 85.5 Å². The van der Waals surface area contributed by atoms with Crippen molar-refractivity contribution in [3.05, 3.63) is 0 Å². The van der Waals surface area contributed by atoms with Crippen molar-refractivity contribution in [1.29, 1.82) is 0 Å². The van der Waals surface area contributed by atoms with Crippen LogP contribution < -0.4 is 0 Å². The predicted molar refractivity (Wildman–Crippen MR) is 90.1 cm³/mol. The van der Waals surface area contributed by atoms with Crippen LogP contribution in [0.1, 0.15) is 98.8 Å². The Bertz CT molecular complexity index is 190. The summed E-state index contributed by atoms with van der Waals surface area (Å²) in [6.07, 6.45) is 14.0. The molecular formula is C18H37Cl. The molecule has 0 rings (SSSR count). The number of hydrogen-bond acceptors (Lipinski definition) is 0. The maximum absolute atomic E-state index is 6.34. The van der Waals surface area contributed by atoms with E-state index in [2.05, 4.69) is 34.6 Å². The van der Waals surface area contributed by atoms with E-state index in [1.165, 1.54) is 64.2 Å². The topological polar surface area (TPSA) is 0 Å². The van der Waals surface area contributed by atoms with E-state index in [0.29, 0.717) is 16.7 Å². The fraction of sp³-hybridized carbons (Fsp3) is 1.00. The Kier molecular flexibility index (Phi) is 11.2. The number of unbranched alkanes of at least 4 members (excludes halogenated alkanes) is 8. The van der Waals surface area contributed by atoms with E-state index in [1.54, 1.807) is 0 Å². The van der Waals surface area contributed by atoms with Crippen molar-refractivity contribution >= 4 is 11.6 Å². The average Bonchev–Trinajstić information content (AvgIpc) is 2.29. The molecule has 0 aliphatic heterocycles. The summed E-state index contributed by atoms with van der Waals surface area (Å²) >= 11 is 6.34. The second-order valence-electron chi connectivity index (χ2n) is 7.27. The summed E-state index contributed by atoms with van der Waals surface area (Å²) in [5.74, 6) is 0.652. The molecule has 1 heteroatoms. The lowest BCUT2D eigenvalue weighted by atomic mass is 9.76. The molecule has 0 spiro atoms. The first-order valence-electron chi connectivity index (χ1n) is 8.53. The average molecular weight is 289 g/mol. The number of alkyl halides is 1. The molecule has 0 aromatic carbocycles. The molecule has 0 aromatic rings. The molecule has 0 aromatic heterocycles. The summed E-state index contributed by atoms with van der Waals surface area (Å²) in [6, 6.07) is 0. The van der Waals surface area contributed by atoms with E-state index in [-0.39, 0.29) is 0 Å². The highest BCUT2D eigenvalue weighted by atomic mass is 35.5. The zero-order valence-electron chi connectivity index (χ0n) is 14.1. The van der Waals surface area contributed by atoms with E-state index in [4.69, 9.17) is 11.6 Å². The van der Waals surface area contributed by atoms with E-state index in [0.717, 1.165) is 0 Å². The van der Waals surface area contributed by atoms with Gasteiger partial charge in [0, 0.05) is 5.38 Å². The van der Waals surface area contributed by atoms with Gasteiger partial charge in [0.25, 0.3) is 0 Å². The Hall–Kier alpha value is 0.290. The van der Waals surface area contributed by atoms with Gasteiger partial charge in [-0.2, -0.15) is 0 Å². The van der Waals surface area contributed by atoms with Crippen LogP contribution in [-0.4, -0.2) is 5.38 Å². The first-order chi connectivity index (χ1) is 8.89. The first kappa shape index (κ1) is 19.3. The van der Waals surface area contributed by atoms with E-state index in [9.17, 15) is 0 Å². The molecule has 0 aliphatic carbocycles. The number of halogens is 1. The molecule has 0 radical (unpaired) electrons. The van der Waals surface area contributed by atoms with Crippen molar-refractivity contribution in [2.24, 2.45) is 11.3 Å². The van der Waals surface area contributed by atoms with Crippen LogP contribution in [0.2, 0.25) is 0 Å². The standard InChI is InChI=1S/C18H37Cl/c1-6-7-8-9-10-11-12-13-14-15-17(16(2)19)18(3,4)5/h16-17H,6-15H2,1-5H3. The molecule has 0 amide bonds. The molecule has 0 bridgehead atoms. The van der Waals surface area contributed by atoms with Gasteiger partial charge in [0.05, 0.1) is 0 Å². The molecule has 116 valence electrons. The van der Waals surface area contributed by atoms with Gasteiger partial charge >= 0.3 is 0 Å². The third kappa shape index (κ3) is 10.7. The Balaban J connectivity index is 3.51. The molecule has 0 saturated heterocycles. The van der Waals surface area contributed by atoms with E-state index >= 15 is 0 Å². The summed E-state index contributed by atoms with van der Waals surface area (Å²) in [4.78, 5) is 0. The third-order valence-electron chi connectivity index (χ3n) is 4.29. The molecule has 0 aliphatic rings. The zero-order chi connectivity index (χ0) is 14.7. The highest BCUT2D eigenvalue weighted by Gasteiger charge is 2.27. The molecule has 0 fully saturated rings. The van der Waals surface area contributed by atoms with Crippen molar-refractivity contribution in [3.8, 4) is 0 Å². The fourth-order valence-corrected chi connectivity index (χ4v) is 3.53. The van der Waals surface area contributed by atoms with Gasteiger partial charge in [-0.15, -0.1) is 11.6 Å². The lowest BCUT2D eigenvalue weighted by Gasteiger charge is -2.33. The van der Waals surface area contributed by atoms with E-state index in [1.807, 2.05) is 0 Å². The normalized spacial score (nSPS) is 15.5. The van der Waals surface area contributed by atoms with Crippen LogP contribution in [0.3, 0.4) is 0 Å². The van der Waals surface area contributed by atoms with Crippen LogP contribution >= 0.6 is 11.6 Å². The molecule has 19 heavy (non-hydrogen) atoms. The van der Waals surface area contributed by atoms with Crippen LogP contribution in [0.25, 0.3) is 0 Å². The zero-order valence-corrected chi connectivity index (χ0v) is 14.9. The Morgan fingerprint density at radius 2 is 1.21 bits per heavy atom. The van der Waals surface area contributed by atoms with Crippen molar-refractivity contribution in [2.75, 3.05) is 0 Å². The fourth-order valence-electron chi connectivity index (χ4n) is 3.03. The summed E-state index contributed by atoms with van der Waals surface area (Å²) in [5.41, 5.74) is 0.349. The largest absolute Gasteiger partial charge is 0.123 e. The summed E-state index contributed by atoms with van der Waals surface area (Å²) < 4.78 is 0. The highest BCUT2D eigenvalue weighted by Crippen LogP contribution is 2.35. The quantitative estimate of drug-likeness (QED) is 0.278. The SMILES string of the molecule is CCCCCCCCCCCC(C(C)Cl)C(C)(C)C. The van der Waals surface area contributed by atoms with Crippen LogP contribution in [0.15, 0.2) is 0 Å². The minimum Gasteiger partial charge on any atom is -0.123 e. The molecule has 2 atom stereocenters. The second kappa shape index (κ2) is 11.0. The van der Waals surface area contributed by atoms with Gasteiger partial charge in [0.2, 0.25) is 0 Å². The van der Waals surface area contributed by atoms with Gasteiger partial charge in [0.15, 0.2) is 0 Å². The minimum absolute atomic E-state index is 0.300.